The second kappa shape index (κ2) is 8.37. The number of carbonyl (C=O) groups excluding carboxylic acids is 1. The monoisotopic (exact) mass is 475 g/mol. The van der Waals surface area contributed by atoms with Crippen LogP contribution in [0.25, 0.3) is 27.7 Å². The maximum Gasteiger partial charge on any atom is 0.408 e. The van der Waals surface area contributed by atoms with Crippen LogP contribution in [-0.2, 0) is 4.74 Å². The van der Waals surface area contributed by atoms with Gasteiger partial charge in [-0.05, 0) is 51.5 Å². The van der Waals surface area contributed by atoms with E-state index in [1.165, 1.54) is 0 Å². The van der Waals surface area contributed by atoms with Crippen molar-refractivity contribution in [3.8, 4) is 17.0 Å². The van der Waals surface area contributed by atoms with E-state index in [1.807, 2.05) is 58.2 Å². The normalized spacial score (nSPS) is 19.9. The Balaban J connectivity index is 1.33. The first-order valence-electron chi connectivity index (χ1n) is 11.5. The van der Waals surface area contributed by atoms with Crippen molar-refractivity contribution in [2.45, 2.75) is 57.7 Å². The molecular weight excluding hydrogens is 446 g/mol. The van der Waals surface area contributed by atoms with E-state index in [9.17, 15) is 4.79 Å². The van der Waals surface area contributed by atoms with Gasteiger partial charge >= 0.3 is 6.09 Å². The molecule has 0 radical (unpaired) electrons. The third kappa shape index (κ3) is 4.68. The number of aromatic nitrogens is 5. The van der Waals surface area contributed by atoms with Gasteiger partial charge in [-0.15, -0.1) is 5.10 Å². The summed E-state index contributed by atoms with van der Waals surface area (Å²) in [6.45, 7) is 7.69. The van der Waals surface area contributed by atoms with Crippen LogP contribution < -0.4 is 15.4 Å². The number of hydrogen-bond acceptors (Lipinski definition) is 8. The quantitative estimate of drug-likeness (QED) is 0.441. The average Bonchev–Trinajstić information content (AvgIpc) is 3.20. The van der Waals surface area contributed by atoms with Crippen LogP contribution in [0.3, 0.4) is 0 Å². The molecule has 0 bridgehead atoms. The van der Waals surface area contributed by atoms with Crippen molar-refractivity contribution in [3.63, 3.8) is 0 Å². The van der Waals surface area contributed by atoms with E-state index in [0.717, 1.165) is 27.7 Å². The Morgan fingerprint density at radius 3 is 2.60 bits per heavy atom. The number of carbonyl (C=O) groups is 1. The maximum absolute atomic E-state index is 12.1. The molecule has 3 heterocycles. The van der Waals surface area contributed by atoms with Gasteiger partial charge in [0.1, 0.15) is 11.1 Å². The van der Waals surface area contributed by atoms with Gasteiger partial charge in [-0.1, -0.05) is 6.07 Å². The lowest BCUT2D eigenvalue weighted by atomic mass is 9.77. The predicted octanol–water partition coefficient (Wildman–Crippen LogP) is 4.21. The second-order valence-corrected chi connectivity index (χ2v) is 10.2. The predicted molar refractivity (Wildman–Crippen MR) is 132 cm³/mol. The van der Waals surface area contributed by atoms with Crippen LogP contribution in [0.2, 0.25) is 0 Å². The lowest BCUT2D eigenvalue weighted by Crippen LogP contribution is -2.54. The molecule has 4 aromatic rings. The summed E-state index contributed by atoms with van der Waals surface area (Å²) in [5, 5.41) is 10.8. The summed E-state index contributed by atoms with van der Waals surface area (Å²) in [6, 6.07) is 8.01. The van der Waals surface area contributed by atoms with Crippen molar-refractivity contribution in [1.29, 1.82) is 0 Å². The third-order valence-electron chi connectivity index (χ3n) is 5.96. The minimum Gasteiger partial charge on any atom is -0.479 e. The van der Waals surface area contributed by atoms with E-state index in [0.29, 0.717) is 24.7 Å². The Morgan fingerprint density at radius 1 is 1.14 bits per heavy atom. The van der Waals surface area contributed by atoms with Crippen LogP contribution in [0.5, 0.6) is 5.88 Å². The molecule has 0 aliphatic heterocycles. The first-order chi connectivity index (χ1) is 16.6. The molecule has 182 valence electrons. The maximum atomic E-state index is 12.1. The molecule has 2 N–H and O–H groups in total. The fourth-order valence-corrected chi connectivity index (χ4v) is 4.47. The third-order valence-corrected chi connectivity index (χ3v) is 5.96. The van der Waals surface area contributed by atoms with Crippen molar-refractivity contribution < 1.29 is 14.3 Å². The summed E-state index contributed by atoms with van der Waals surface area (Å²) in [5.41, 5.74) is 3.46. The van der Waals surface area contributed by atoms with Gasteiger partial charge in [0.2, 0.25) is 11.8 Å². The fourth-order valence-electron chi connectivity index (χ4n) is 4.47. The molecule has 1 aliphatic rings. The van der Waals surface area contributed by atoms with Gasteiger partial charge in [-0.3, -0.25) is 9.97 Å². The highest BCUT2D eigenvalue weighted by atomic mass is 16.6. The molecule has 35 heavy (non-hydrogen) atoms. The van der Waals surface area contributed by atoms with Gasteiger partial charge in [-0.25, -0.2) is 9.31 Å². The molecule has 10 nitrogen and oxygen atoms in total. The smallest absolute Gasteiger partial charge is 0.408 e. The largest absolute Gasteiger partial charge is 0.479 e. The van der Waals surface area contributed by atoms with Crippen molar-refractivity contribution in [1.82, 2.24) is 29.9 Å². The number of methoxy groups -OCH3 is 1. The number of anilines is 1. The number of fused-ring (bicyclic) bond motifs is 2. The molecule has 0 spiro atoms. The van der Waals surface area contributed by atoms with Gasteiger partial charge in [0.25, 0.3) is 0 Å². The number of ether oxygens (including phenoxy) is 2. The zero-order valence-electron chi connectivity index (χ0n) is 20.5. The van der Waals surface area contributed by atoms with Crippen LogP contribution in [0.4, 0.5) is 10.7 Å². The lowest BCUT2D eigenvalue weighted by Gasteiger charge is -2.44. The van der Waals surface area contributed by atoms with E-state index < -0.39 is 11.7 Å². The van der Waals surface area contributed by atoms with Crippen molar-refractivity contribution in [2.75, 3.05) is 12.4 Å². The number of nitrogens with zero attached hydrogens (tertiary/aromatic N) is 5. The molecule has 0 saturated heterocycles. The summed E-state index contributed by atoms with van der Waals surface area (Å²) < 4.78 is 13.0. The summed E-state index contributed by atoms with van der Waals surface area (Å²) in [4.78, 5) is 25.5. The van der Waals surface area contributed by atoms with E-state index in [1.54, 1.807) is 24.0 Å². The van der Waals surface area contributed by atoms with Gasteiger partial charge in [0, 0.05) is 48.6 Å². The van der Waals surface area contributed by atoms with E-state index in [4.69, 9.17) is 9.47 Å². The molecule has 5 rings (SSSR count). The molecule has 10 heteroatoms. The minimum atomic E-state index is -0.527. The van der Waals surface area contributed by atoms with Crippen LogP contribution in [0, 0.1) is 0 Å². The second-order valence-electron chi connectivity index (χ2n) is 10.2. The zero-order chi connectivity index (χ0) is 24.8. The summed E-state index contributed by atoms with van der Waals surface area (Å²) in [6.07, 6.45) is 6.15. The topological polar surface area (TPSA) is 116 Å². The molecule has 1 aromatic carbocycles. The first-order valence-corrected chi connectivity index (χ1v) is 11.5. The Kier molecular flexibility index (Phi) is 5.46. The highest BCUT2D eigenvalue weighted by molar-refractivity contribution is 5.89. The Hall–Kier alpha value is -3.95. The van der Waals surface area contributed by atoms with Crippen molar-refractivity contribution in [2.24, 2.45) is 0 Å². The first kappa shape index (κ1) is 22.8. The highest BCUT2D eigenvalue weighted by Gasteiger charge is 2.44. The molecule has 1 fully saturated rings. The number of nitrogens with one attached hydrogen (secondary N) is 2. The highest BCUT2D eigenvalue weighted by Crippen LogP contribution is 2.38. The number of rotatable bonds is 5. The Labute approximate surface area is 203 Å². The Bertz CT molecular complexity index is 1400. The standard InChI is InChI=1S/C25H29N7O3/c1-24(2,3)30-23(33)35-25(4)13-16(14-25)28-22-29-21(34-5)20-17(8-11-32(20)31-22)15-6-7-18-19(12-15)27-10-9-26-18/h6-12,16H,13-14H2,1-5H3,(H,28,31)(H,30,33). The molecule has 0 unspecified atom stereocenters. The molecular formula is C25H29N7O3. The number of alkyl carbamates (subject to hydrolysis) is 1. The summed E-state index contributed by atoms with van der Waals surface area (Å²) >= 11 is 0. The van der Waals surface area contributed by atoms with Gasteiger partial charge < -0.3 is 20.1 Å². The molecule has 1 aliphatic carbocycles. The van der Waals surface area contributed by atoms with Gasteiger partial charge in [0.05, 0.1) is 18.1 Å². The molecule has 1 amide bonds. The average molecular weight is 476 g/mol. The number of amides is 1. The number of hydrogen-bond donors (Lipinski definition) is 2. The number of benzene rings is 1. The van der Waals surface area contributed by atoms with E-state index >= 15 is 0 Å². The molecule has 0 atom stereocenters. The zero-order valence-corrected chi connectivity index (χ0v) is 20.5. The van der Waals surface area contributed by atoms with Gasteiger partial charge in [0.15, 0.2) is 0 Å². The minimum absolute atomic E-state index is 0.0821. The van der Waals surface area contributed by atoms with E-state index in [-0.39, 0.29) is 11.6 Å². The van der Waals surface area contributed by atoms with Crippen molar-refractivity contribution in [3.05, 3.63) is 42.9 Å². The van der Waals surface area contributed by atoms with Crippen LogP contribution in [-0.4, -0.2) is 55.0 Å². The fraction of sp³-hybridized carbons (Fsp3) is 0.400. The molecule has 3 aromatic heterocycles. The van der Waals surface area contributed by atoms with Crippen LogP contribution in [0.15, 0.2) is 42.9 Å². The summed E-state index contributed by atoms with van der Waals surface area (Å²) in [7, 11) is 1.59. The SMILES string of the molecule is COc1nc(NC2CC(C)(OC(=O)NC(C)(C)C)C2)nn2ccc(-c3ccc4nccnc4c3)c12. The van der Waals surface area contributed by atoms with Crippen LogP contribution >= 0.6 is 0 Å². The van der Waals surface area contributed by atoms with Crippen molar-refractivity contribution >= 4 is 28.6 Å². The van der Waals surface area contributed by atoms with Crippen LogP contribution in [0.1, 0.15) is 40.5 Å². The van der Waals surface area contributed by atoms with E-state index in [2.05, 4.69) is 30.7 Å². The van der Waals surface area contributed by atoms with Gasteiger partial charge in [-0.2, -0.15) is 4.98 Å². The summed E-state index contributed by atoms with van der Waals surface area (Å²) in [5.74, 6) is 0.914. The molecule has 1 saturated carbocycles. The lowest BCUT2D eigenvalue weighted by molar-refractivity contribution is -0.0414. The Morgan fingerprint density at radius 2 is 1.89 bits per heavy atom.